The number of thiazole rings is 1. The molecule has 1 aromatic heterocycles. The van der Waals surface area contributed by atoms with E-state index in [1.807, 2.05) is 4.90 Å². The van der Waals surface area contributed by atoms with Gasteiger partial charge in [-0.2, -0.15) is 0 Å². The van der Waals surface area contributed by atoms with Gasteiger partial charge in [-0.05, 0) is 33.2 Å². The highest BCUT2D eigenvalue weighted by molar-refractivity contribution is 7.18. The van der Waals surface area contributed by atoms with E-state index in [1.165, 1.54) is 30.6 Å². The van der Waals surface area contributed by atoms with Gasteiger partial charge in [0.25, 0.3) is 5.91 Å². The molecule has 1 saturated heterocycles. The predicted molar refractivity (Wildman–Crippen MR) is 85.8 cm³/mol. The van der Waals surface area contributed by atoms with Crippen LogP contribution in [0.3, 0.4) is 0 Å². The van der Waals surface area contributed by atoms with Gasteiger partial charge in [-0.1, -0.05) is 11.3 Å². The second-order valence-electron chi connectivity index (χ2n) is 6.12. The Kier molecular flexibility index (Phi) is 4.03. The molecule has 2 aliphatic rings. The maximum absolute atomic E-state index is 12.7. The maximum atomic E-state index is 12.7. The van der Waals surface area contributed by atoms with Crippen LogP contribution >= 0.6 is 11.3 Å². The number of anilines is 2. The van der Waals surface area contributed by atoms with E-state index in [1.54, 1.807) is 0 Å². The van der Waals surface area contributed by atoms with Gasteiger partial charge in [0.2, 0.25) is 0 Å². The summed E-state index contributed by atoms with van der Waals surface area (Å²) in [5.41, 5.74) is 5.96. The predicted octanol–water partition coefficient (Wildman–Crippen LogP) is 1.47. The van der Waals surface area contributed by atoms with Gasteiger partial charge < -0.3 is 20.9 Å². The lowest BCUT2D eigenvalue weighted by atomic mass is 9.93. The van der Waals surface area contributed by atoms with E-state index in [9.17, 15) is 4.79 Å². The molecule has 0 bridgehead atoms. The number of carbonyl (C=O) groups excluding carboxylic acids is 1. The SMILES string of the molecule is CC1CN(C)CCN1C(=O)c1sc(NC2CCC2)nc1N. The molecule has 116 valence electrons. The first-order valence-corrected chi connectivity index (χ1v) is 8.38. The molecule has 1 aliphatic carbocycles. The van der Waals surface area contributed by atoms with Crippen LogP contribution < -0.4 is 11.1 Å². The lowest BCUT2D eigenvalue weighted by Gasteiger charge is -2.38. The van der Waals surface area contributed by atoms with Crippen molar-refractivity contribution in [3.8, 4) is 0 Å². The van der Waals surface area contributed by atoms with Crippen LogP contribution in [0.15, 0.2) is 0 Å². The number of nitrogens with one attached hydrogen (secondary N) is 1. The van der Waals surface area contributed by atoms with Gasteiger partial charge in [-0.25, -0.2) is 4.98 Å². The fourth-order valence-electron chi connectivity index (χ4n) is 2.85. The first-order chi connectivity index (χ1) is 10.0. The first-order valence-electron chi connectivity index (χ1n) is 7.57. The Morgan fingerprint density at radius 2 is 2.19 bits per heavy atom. The van der Waals surface area contributed by atoms with Crippen molar-refractivity contribution in [3.63, 3.8) is 0 Å². The van der Waals surface area contributed by atoms with E-state index in [-0.39, 0.29) is 11.9 Å². The molecule has 1 aliphatic heterocycles. The third kappa shape index (κ3) is 2.98. The number of nitrogens with two attached hydrogens (primary N) is 1. The normalized spacial score (nSPS) is 23.9. The monoisotopic (exact) mass is 309 g/mol. The number of aromatic nitrogens is 1. The van der Waals surface area contributed by atoms with E-state index in [0.29, 0.717) is 16.7 Å². The molecule has 1 unspecified atom stereocenters. The molecule has 6 nitrogen and oxygen atoms in total. The molecule has 7 heteroatoms. The molecule has 1 amide bonds. The summed E-state index contributed by atoms with van der Waals surface area (Å²) in [6.07, 6.45) is 3.62. The topological polar surface area (TPSA) is 74.5 Å². The number of piperazine rings is 1. The number of likely N-dealkylation sites (N-methyl/N-ethyl adjacent to an activating group) is 1. The summed E-state index contributed by atoms with van der Waals surface area (Å²) in [6, 6.07) is 0.710. The van der Waals surface area contributed by atoms with Crippen molar-refractivity contribution in [3.05, 3.63) is 4.88 Å². The molecule has 0 spiro atoms. The number of amides is 1. The van der Waals surface area contributed by atoms with Crippen molar-refractivity contribution in [2.75, 3.05) is 37.7 Å². The van der Waals surface area contributed by atoms with E-state index in [4.69, 9.17) is 5.73 Å². The van der Waals surface area contributed by atoms with Crippen LogP contribution in [-0.2, 0) is 0 Å². The van der Waals surface area contributed by atoms with Crippen LogP contribution in [0, 0.1) is 0 Å². The molecule has 1 atom stereocenters. The molecule has 3 rings (SSSR count). The van der Waals surface area contributed by atoms with E-state index in [2.05, 4.69) is 29.2 Å². The van der Waals surface area contributed by atoms with Gasteiger partial charge in [0, 0.05) is 31.7 Å². The van der Waals surface area contributed by atoms with Crippen LogP contribution in [-0.4, -0.2) is 59.5 Å². The van der Waals surface area contributed by atoms with Crippen molar-refractivity contribution in [2.45, 2.75) is 38.3 Å². The van der Waals surface area contributed by atoms with Crippen molar-refractivity contribution in [1.82, 2.24) is 14.8 Å². The number of carbonyl (C=O) groups is 1. The van der Waals surface area contributed by atoms with Gasteiger partial charge >= 0.3 is 0 Å². The van der Waals surface area contributed by atoms with Crippen molar-refractivity contribution < 1.29 is 4.79 Å². The first kappa shape index (κ1) is 14.6. The zero-order valence-corrected chi connectivity index (χ0v) is 13.4. The number of rotatable bonds is 3. The minimum Gasteiger partial charge on any atom is -0.382 e. The number of nitrogen functional groups attached to an aromatic ring is 1. The standard InChI is InChI=1S/C14H23N5OS/c1-9-8-18(2)6-7-19(9)13(20)11-12(15)17-14(21-11)16-10-4-3-5-10/h9-10H,3-8,15H2,1-2H3,(H,16,17). The van der Waals surface area contributed by atoms with E-state index < -0.39 is 0 Å². The van der Waals surface area contributed by atoms with Crippen molar-refractivity contribution in [2.24, 2.45) is 0 Å². The molecule has 0 aromatic carbocycles. The highest BCUT2D eigenvalue weighted by atomic mass is 32.1. The number of hydrogen-bond acceptors (Lipinski definition) is 6. The summed E-state index contributed by atoms with van der Waals surface area (Å²) < 4.78 is 0. The summed E-state index contributed by atoms with van der Waals surface area (Å²) >= 11 is 1.39. The highest BCUT2D eigenvalue weighted by Crippen LogP contribution is 2.30. The number of hydrogen-bond donors (Lipinski definition) is 2. The second-order valence-corrected chi connectivity index (χ2v) is 7.11. The van der Waals surface area contributed by atoms with Crippen LogP contribution in [0.5, 0.6) is 0 Å². The van der Waals surface area contributed by atoms with Crippen LogP contribution in [0.1, 0.15) is 35.9 Å². The van der Waals surface area contributed by atoms with Crippen LogP contribution in [0.4, 0.5) is 10.9 Å². The van der Waals surface area contributed by atoms with E-state index >= 15 is 0 Å². The van der Waals surface area contributed by atoms with Gasteiger partial charge in [0.15, 0.2) is 5.13 Å². The Balaban J connectivity index is 1.71. The average molecular weight is 309 g/mol. The summed E-state index contributed by atoms with van der Waals surface area (Å²) in [5, 5.41) is 4.14. The quantitative estimate of drug-likeness (QED) is 0.884. The minimum absolute atomic E-state index is 0.0206. The largest absolute Gasteiger partial charge is 0.382 e. The average Bonchev–Trinajstić information content (AvgIpc) is 2.74. The van der Waals surface area contributed by atoms with E-state index in [0.717, 1.165) is 24.8 Å². The van der Waals surface area contributed by atoms with Gasteiger partial charge in [0.1, 0.15) is 10.7 Å². The molecule has 2 heterocycles. The summed E-state index contributed by atoms with van der Waals surface area (Å²) in [6.45, 7) is 4.64. The Morgan fingerprint density at radius 3 is 2.81 bits per heavy atom. The minimum atomic E-state index is 0.0206. The summed E-state index contributed by atoms with van der Waals surface area (Å²) in [5.74, 6) is 0.380. The lowest BCUT2D eigenvalue weighted by molar-refractivity contribution is 0.0539. The fourth-order valence-corrected chi connectivity index (χ4v) is 3.76. The van der Waals surface area contributed by atoms with Crippen LogP contribution in [0.25, 0.3) is 0 Å². The van der Waals surface area contributed by atoms with Gasteiger partial charge in [0.05, 0.1) is 0 Å². The Labute approximate surface area is 129 Å². The van der Waals surface area contributed by atoms with Gasteiger partial charge in [-0.3, -0.25) is 4.79 Å². The zero-order valence-electron chi connectivity index (χ0n) is 12.6. The third-order valence-corrected chi connectivity index (χ3v) is 5.36. The van der Waals surface area contributed by atoms with Crippen molar-refractivity contribution >= 4 is 28.2 Å². The van der Waals surface area contributed by atoms with Gasteiger partial charge in [-0.15, -0.1) is 0 Å². The Morgan fingerprint density at radius 1 is 1.43 bits per heavy atom. The Bertz CT molecular complexity index is 527. The summed E-state index contributed by atoms with van der Waals surface area (Å²) in [7, 11) is 2.08. The third-order valence-electron chi connectivity index (χ3n) is 4.37. The summed E-state index contributed by atoms with van der Waals surface area (Å²) in [4.78, 5) is 21.7. The lowest BCUT2D eigenvalue weighted by Crippen LogP contribution is -2.52. The molecular formula is C14H23N5OS. The molecular weight excluding hydrogens is 286 g/mol. The smallest absolute Gasteiger partial charge is 0.268 e. The molecule has 0 radical (unpaired) electrons. The molecule has 2 fully saturated rings. The second kappa shape index (κ2) is 5.81. The molecule has 1 saturated carbocycles. The molecule has 3 N–H and O–H groups in total. The van der Waals surface area contributed by atoms with Crippen molar-refractivity contribution in [1.29, 1.82) is 0 Å². The highest BCUT2D eigenvalue weighted by Gasteiger charge is 2.30. The molecule has 21 heavy (non-hydrogen) atoms. The Hall–Kier alpha value is -1.34. The zero-order chi connectivity index (χ0) is 15.0. The maximum Gasteiger partial charge on any atom is 0.268 e. The fraction of sp³-hybridized carbons (Fsp3) is 0.714. The van der Waals surface area contributed by atoms with Crippen LogP contribution in [0.2, 0.25) is 0 Å². The number of nitrogens with zero attached hydrogens (tertiary/aromatic N) is 3. The molecule has 1 aromatic rings.